The second-order valence-electron chi connectivity index (χ2n) is 5.60. The first-order valence-corrected chi connectivity index (χ1v) is 7.43. The van der Waals surface area contributed by atoms with E-state index in [1.165, 1.54) is 12.5 Å². The maximum atomic E-state index is 12.1. The van der Waals surface area contributed by atoms with Gasteiger partial charge in [-0.15, -0.1) is 0 Å². The first-order valence-electron chi connectivity index (χ1n) is 7.43. The van der Waals surface area contributed by atoms with E-state index in [1.54, 1.807) is 13.2 Å². The van der Waals surface area contributed by atoms with E-state index in [2.05, 4.69) is 5.32 Å². The lowest BCUT2D eigenvalue weighted by atomic mass is 9.82. The monoisotopic (exact) mass is 289 g/mol. The van der Waals surface area contributed by atoms with Crippen LogP contribution in [0.4, 0.5) is 0 Å². The molecule has 0 aliphatic heterocycles. The highest BCUT2D eigenvalue weighted by Crippen LogP contribution is 2.27. The van der Waals surface area contributed by atoms with Gasteiger partial charge in [0.2, 0.25) is 5.91 Å². The van der Waals surface area contributed by atoms with Crippen molar-refractivity contribution in [3.05, 3.63) is 35.9 Å². The first-order chi connectivity index (χ1) is 10.2. The number of nitrogens with one attached hydrogen (secondary N) is 1. The molecule has 1 aromatic rings. The molecule has 0 spiro atoms. The number of aliphatic hydroxyl groups is 1. The van der Waals surface area contributed by atoms with Gasteiger partial charge in [0, 0.05) is 6.08 Å². The predicted molar refractivity (Wildman–Crippen MR) is 83.1 cm³/mol. The largest absolute Gasteiger partial charge is 0.497 e. The molecule has 1 aliphatic carbocycles. The smallest absolute Gasteiger partial charge is 0.244 e. The molecule has 1 saturated carbocycles. The van der Waals surface area contributed by atoms with Gasteiger partial charge in [0.25, 0.3) is 0 Å². The van der Waals surface area contributed by atoms with Crippen molar-refractivity contribution in [2.45, 2.75) is 37.6 Å². The van der Waals surface area contributed by atoms with E-state index in [0.717, 1.165) is 37.0 Å². The van der Waals surface area contributed by atoms with Gasteiger partial charge in [0.1, 0.15) is 5.75 Å². The molecule has 1 aromatic carbocycles. The van der Waals surface area contributed by atoms with E-state index < -0.39 is 5.54 Å². The molecule has 0 radical (unpaired) electrons. The summed E-state index contributed by atoms with van der Waals surface area (Å²) in [6.07, 6.45) is 8.26. The van der Waals surface area contributed by atoms with Crippen LogP contribution >= 0.6 is 0 Å². The normalized spacial score (nSPS) is 17.6. The van der Waals surface area contributed by atoms with Gasteiger partial charge in [-0.3, -0.25) is 4.79 Å². The van der Waals surface area contributed by atoms with Crippen molar-refractivity contribution in [3.63, 3.8) is 0 Å². The molecule has 0 atom stereocenters. The van der Waals surface area contributed by atoms with Crippen molar-refractivity contribution in [2.24, 2.45) is 0 Å². The minimum absolute atomic E-state index is 0.00569. The van der Waals surface area contributed by atoms with Crippen LogP contribution in [-0.2, 0) is 4.79 Å². The fourth-order valence-electron chi connectivity index (χ4n) is 2.77. The molecule has 1 amide bonds. The third-order valence-corrected chi connectivity index (χ3v) is 4.02. The molecule has 0 heterocycles. The summed E-state index contributed by atoms with van der Waals surface area (Å²) in [6.45, 7) is 0.00569. The van der Waals surface area contributed by atoms with Crippen LogP contribution < -0.4 is 10.1 Å². The lowest BCUT2D eigenvalue weighted by Gasteiger charge is -2.36. The number of aliphatic hydroxyl groups excluding tert-OH is 1. The molecular weight excluding hydrogens is 266 g/mol. The van der Waals surface area contributed by atoms with E-state index in [9.17, 15) is 9.90 Å². The Labute approximate surface area is 125 Å². The van der Waals surface area contributed by atoms with Crippen LogP contribution in [0.3, 0.4) is 0 Å². The molecule has 21 heavy (non-hydrogen) atoms. The average molecular weight is 289 g/mol. The molecule has 0 saturated heterocycles. The lowest BCUT2D eigenvalue weighted by molar-refractivity contribution is -0.119. The Morgan fingerprint density at radius 1 is 1.38 bits per heavy atom. The fourth-order valence-corrected chi connectivity index (χ4v) is 2.77. The molecule has 0 bridgehead atoms. The van der Waals surface area contributed by atoms with Crippen LogP contribution in [0.1, 0.15) is 37.7 Å². The standard InChI is InChI=1S/C17H23NO3/c1-21-15-7-5-6-14(12-15)8-9-16(20)18-17(13-19)10-3-2-4-11-17/h5-9,12,19H,2-4,10-11,13H2,1H3,(H,18,20). The van der Waals surface area contributed by atoms with E-state index in [4.69, 9.17) is 4.74 Å². The zero-order chi connectivity index (χ0) is 15.1. The summed E-state index contributed by atoms with van der Waals surface area (Å²) < 4.78 is 5.15. The number of hydrogen-bond acceptors (Lipinski definition) is 3. The highest BCUT2D eigenvalue weighted by atomic mass is 16.5. The molecule has 2 rings (SSSR count). The third-order valence-electron chi connectivity index (χ3n) is 4.02. The van der Waals surface area contributed by atoms with Gasteiger partial charge >= 0.3 is 0 Å². The highest BCUT2D eigenvalue weighted by molar-refractivity contribution is 5.92. The summed E-state index contributed by atoms with van der Waals surface area (Å²) in [6, 6.07) is 7.52. The van der Waals surface area contributed by atoms with Crippen LogP contribution in [0.25, 0.3) is 6.08 Å². The van der Waals surface area contributed by atoms with Gasteiger partial charge in [0.05, 0.1) is 19.3 Å². The Kier molecular flexibility index (Phi) is 5.39. The van der Waals surface area contributed by atoms with Gasteiger partial charge in [-0.1, -0.05) is 31.4 Å². The molecule has 114 valence electrons. The summed E-state index contributed by atoms with van der Waals surface area (Å²) in [5.41, 5.74) is 0.472. The fraction of sp³-hybridized carbons (Fsp3) is 0.471. The highest BCUT2D eigenvalue weighted by Gasteiger charge is 2.32. The van der Waals surface area contributed by atoms with Crippen LogP contribution in [0.15, 0.2) is 30.3 Å². The second kappa shape index (κ2) is 7.27. The summed E-state index contributed by atoms with van der Waals surface area (Å²) in [5.74, 6) is 0.602. The zero-order valence-corrected chi connectivity index (χ0v) is 12.5. The summed E-state index contributed by atoms with van der Waals surface area (Å²) in [7, 11) is 1.61. The van der Waals surface area contributed by atoms with E-state index in [1.807, 2.05) is 24.3 Å². The van der Waals surface area contributed by atoms with Crippen molar-refractivity contribution in [2.75, 3.05) is 13.7 Å². The van der Waals surface area contributed by atoms with Crippen molar-refractivity contribution in [1.29, 1.82) is 0 Å². The molecule has 2 N–H and O–H groups in total. The van der Waals surface area contributed by atoms with Gasteiger partial charge < -0.3 is 15.2 Å². The van der Waals surface area contributed by atoms with Crippen LogP contribution in [-0.4, -0.2) is 30.3 Å². The van der Waals surface area contributed by atoms with Crippen molar-refractivity contribution in [1.82, 2.24) is 5.32 Å². The average Bonchev–Trinajstić information content (AvgIpc) is 2.54. The van der Waals surface area contributed by atoms with Crippen molar-refractivity contribution < 1.29 is 14.6 Å². The van der Waals surface area contributed by atoms with E-state index in [-0.39, 0.29) is 12.5 Å². The number of carbonyl (C=O) groups excluding carboxylic acids is 1. The number of amides is 1. The Morgan fingerprint density at radius 2 is 2.14 bits per heavy atom. The Morgan fingerprint density at radius 3 is 2.81 bits per heavy atom. The number of methoxy groups -OCH3 is 1. The lowest BCUT2D eigenvalue weighted by Crippen LogP contribution is -2.52. The topological polar surface area (TPSA) is 58.6 Å². The minimum Gasteiger partial charge on any atom is -0.497 e. The maximum absolute atomic E-state index is 12.1. The SMILES string of the molecule is COc1cccc(C=CC(=O)NC2(CO)CCCCC2)c1. The predicted octanol–water partition coefficient (Wildman–Crippen LogP) is 2.52. The Bertz CT molecular complexity index is 505. The summed E-state index contributed by atoms with van der Waals surface area (Å²) >= 11 is 0. The molecule has 0 aromatic heterocycles. The molecule has 1 aliphatic rings. The summed E-state index contributed by atoms with van der Waals surface area (Å²) in [5, 5.41) is 12.6. The first kappa shape index (κ1) is 15.6. The number of ether oxygens (including phenoxy) is 1. The maximum Gasteiger partial charge on any atom is 0.244 e. The van der Waals surface area contributed by atoms with Gasteiger partial charge in [-0.05, 0) is 36.6 Å². The number of benzene rings is 1. The van der Waals surface area contributed by atoms with E-state index >= 15 is 0 Å². The number of rotatable bonds is 5. The van der Waals surface area contributed by atoms with Crippen molar-refractivity contribution >= 4 is 12.0 Å². The quantitative estimate of drug-likeness (QED) is 0.819. The summed E-state index contributed by atoms with van der Waals surface area (Å²) in [4.78, 5) is 12.1. The van der Waals surface area contributed by atoms with Crippen LogP contribution in [0, 0.1) is 0 Å². The second-order valence-corrected chi connectivity index (χ2v) is 5.60. The molecule has 4 nitrogen and oxygen atoms in total. The Balaban J connectivity index is 1.98. The third kappa shape index (κ3) is 4.33. The molecule has 1 fully saturated rings. The number of hydrogen-bond donors (Lipinski definition) is 2. The van der Waals surface area contributed by atoms with Crippen LogP contribution in [0.2, 0.25) is 0 Å². The minimum atomic E-state index is -0.436. The number of carbonyl (C=O) groups is 1. The van der Waals surface area contributed by atoms with Gasteiger partial charge in [0.15, 0.2) is 0 Å². The van der Waals surface area contributed by atoms with Gasteiger partial charge in [-0.2, -0.15) is 0 Å². The van der Waals surface area contributed by atoms with Crippen molar-refractivity contribution in [3.8, 4) is 5.75 Å². The van der Waals surface area contributed by atoms with E-state index in [0.29, 0.717) is 0 Å². The Hall–Kier alpha value is -1.81. The molecule has 4 heteroatoms. The van der Waals surface area contributed by atoms with Crippen LogP contribution in [0.5, 0.6) is 5.75 Å². The molecular formula is C17H23NO3. The molecule has 0 unspecified atom stereocenters. The van der Waals surface area contributed by atoms with Gasteiger partial charge in [-0.25, -0.2) is 0 Å². The zero-order valence-electron chi connectivity index (χ0n) is 12.5.